The number of benzene rings is 8. The molecule has 0 N–H and O–H groups in total. The van der Waals surface area contributed by atoms with E-state index in [-0.39, 0.29) is 10.8 Å². The summed E-state index contributed by atoms with van der Waals surface area (Å²) < 4.78 is 6.56. The molecule has 3 aliphatic rings. The first-order valence-corrected chi connectivity index (χ1v) is 37.4. The van der Waals surface area contributed by atoms with E-state index >= 15 is 0 Å². The van der Waals surface area contributed by atoms with Crippen molar-refractivity contribution in [2.75, 3.05) is 6.61 Å². The molecule has 0 aromatic heterocycles. The highest BCUT2D eigenvalue weighted by atomic mass is 16.5. The van der Waals surface area contributed by atoms with E-state index in [1.807, 2.05) is 0 Å². The largest absolute Gasteiger partial charge is 0.494 e. The van der Waals surface area contributed by atoms with E-state index in [0.29, 0.717) is 0 Å². The molecule has 1 unspecified atom stereocenters. The lowest BCUT2D eigenvalue weighted by Gasteiger charge is -2.35. The van der Waals surface area contributed by atoms with Crippen molar-refractivity contribution in [2.45, 2.75) is 263 Å². The molecule has 1 heteroatoms. The van der Waals surface area contributed by atoms with Crippen molar-refractivity contribution in [3.05, 3.63) is 220 Å². The molecule has 0 radical (unpaired) electrons. The number of rotatable bonds is 38. The monoisotopic (exact) mass is 1210 g/mol. The fourth-order valence-electron chi connectivity index (χ4n) is 17.3. The van der Waals surface area contributed by atoms with Gasteiger partial charge < -0.3 is 4.74 Å². The highest BCUT2D eigenvalue weighted by molar-refractivity contribution is 5.98. The van der Waals surface area contributed by atoms with Crippen LogP contribution >= 0.6 is 0 Å². The van der Waals surface area contributed by atoms with Crippen LogP contribution in [0.25, 0.3) is 55.6 Å². The van der Waals surface area contributed by atoms with Gasteiger partial charge in [-0.25, -0.2) is 0 Å². The van der Waals surface area contributed by atoms with Crippen molar-refractivity contribution in [3.63, 3.8) is 0 Å². The van der Waals surface area contributed by atoms with Crippen LogP contribution in [0.3, 0.4) is 0 Å². The van der Waals surface area contributed by atoms with Gasteiger partial charge in [-0.05, 0) is 170 Å². The van der Waals surface area contributed by atoms with Gasteiger partial charge in [0.1, 0.15) is 5.75 Å². The van der Waals surface area contributed by atoms with Crippen LogP contribution in [-0.4, -0.2) is 6.61 Å². The summed E-state index contributed by atoms with van der Waals surface area (Å²) in [5.74, 6) is 0.953. The normalized spacial score (nSPS) is 15.3. The van der Waals surface area contributed by atoms with Crippen LogP contribution in [0.2, 0.25) is 0 Å². The molecule has 478 valence electrons. The van der Waals surface area contributed by atoms with E-state index in [0.717, 1.165) is 18.8 Å². The van der Waals surface area contributed by atoms with Gasteiger partial charge in [-0.1, -0.05) is 353 Å². The van der Waals surface area contributed by atoms with Crippen molar-refractivity contribution in [3.8, 4) is 61.4 Å². The summed E-state index contributed by atoms with van der Waals surface area (Å²) >= 11 is 0. The minimum atomic E-state index is -0.609. The molecule has 1 nitrogen and oxygen atoms in total. The molecule has 91 heavy (non-hydrogen) atoms. The number of aryl methyl sites for hydroxylation is 1. The van der Waals surface area contributed by atoms with Crippen LogP contribution < -0.4 is 4.74 Å². The lowest BCUT2D eigenvalue weighted by Crippen LogP contribution is -2.28. The van der Waals surface area contributed by atoms with Crippen molar-refractivity contribution in [1.82, 2.24) is 0 Å². The summed E-state index contributed by atoms with van der Waals surface area (Å²) in [7, 11) is 0. The zero-order valence-corrected chi connectivity index (χ0v) is 57.4. The maximum absolute atomic E-state index is 6.56. The summed E-state index contributed by atoms with van der Waals surface area (Å²) in [4.78, 5) is 0. The standard InChI is InChI=1S/C90H112O/c1-7-12-17-22-26-34-60-88(61-35-27-23-18-13-8-2)81-43-32-30-40-76(81)78-57-48-69(65-84(78)88)70-49-59-80-86(66-70)90(72-51-46-68(6)47-52-72,73-53-55-74(56-54-73)91-64-38-21-16-11-5)83-45-39-42-75(87(80)83)71-50-58-79-77-41-31-33-44-82(77)89(85(79)67-71,62-36-28-24-19-14-9-3)63-37-29-25-20-15-10-4/h30-33,39-59,65-67H,7-29,34-38,60-64H2,1-6H3. The van der Waals surface area contributed by atoms with Gasteiger partial charge in [0.25, 0.3) is 0 Å². The smallest absolute Gasteiger partial charge is 0.119 e. The van der Waals surface area contributed by atoms with Gasteiger partial charge >= 0.3 is 0 Å². The zero-order valence-electron chi connectivity index (χ0n) is 57.4. The topological polar surface area (TPSA) is 9.23 Å². The highest BCUT2D eigenvalue weighted by Crippen LogP contribution is 2.62. The Morgan fingerprint density at radius 2 is 0.637 bits per heavy atom. The summed E-state index contributed by atoms with van der Waals surface area (Å²) in [6.07, 6.45) is 41.2. The Labute approximate surface area is 552 Å². The van der Waals surface area contributed by atoms with Crippen molar-refractivity contribution in [2.24, 2.45) is 0 Å². The van der Waals surface area contributed by atoms with Gasteiger partial charge in [-0.3, -0.25) is 0 Å². The first-order chi connectivity index (χ1) is 44.9. The first-order valence-electron chi connectivity index (χ1n) is 37.4. The lowest BCUT2D eigenvalue weighted by molar-refractivity contribution is 0.305. The van der Waals surface area contributed by atoms with Crippen LogP contribution in [0, 0.1) is 6.92 Å². The summed E-state index contributed by atoms with van der Waals surface area (Å²) in [5, 5.41) is 0. The van der Waals surface area contributed by atoms with Gasteiger partial charge in [0.05, 0.1) is 12.0 Å². The predicted octanol–water partition coefficient (Wildman–Crippen LogP) is 27.2. The van der Waals surface area contributed by atoms with Crippen molar-refractivity contribution in [1.29, 1.82) is 0 Å². The Morgan fingerprint density at radius 1 is 0.275 bits per heavy atom. The fourth-order valence-corrected chi connectivity index (χ4v) is 17.3. The molecule has 8 aromatic carbocycles. The average molecular weight is 1210 g/mol. The molecule has 0 heterocycles. The molecule has 11 rings (SSSR count). The predicted molar refractivity (Wildman–Crippen MR) is 393 cm³/mol. The van der Waals surface area contributed by atoms with Gasteiger partial charge in [-0.2, -0.15) is 0 Å². The Kier molecular flexibility index (Phi) is 23.2. The minimum absolute atomic E-state index is 0.00285. The van der Waals surface area contributed by atoms with E-state index < -0.39 is 5.41 Å². The van der Waals surface area contributed by atoms with Crippen LogP contribution in [0.15, 0.2) is 170 Å². The third-order valence-electron chi connectivity index (χ3n) is 22.2. The number of hydrogen-bond acceptors (Lipinski definition) is 1. The molecule has 0 saturated carbocycles. The molecule has 0 saturated heterocycles. The van der Waals surface area contributed by atoms with Crippen LogP contribution in [0.5, 0.6) is 5.75 Å². The first kappa shape index (κ1) is 66.0. The molecule has 8 aromatic rings. The van der Waals surface area contributed by atoms with Crippen LogP contribution in [-0.2, 0) is 16.2 Å². The second-order valence-corrected chi connectivity index (χ2v) is 28.4. The number of fused-ring (bicyclic) bond motifs is 9. The van der Waals surface area contributed by atoms with E-state index in [9.17, 15) is 0 Å². The molecular formula is C90H112O. The molecule has 0 bridgehead atoms. The lowest BCUT2D eigenvalue weighted by atomic mass is 9.67. The minimum Gasteiger partial charge on any atom is -0.494 e. The third-order valence-corrected chi connectivity index (χ3v) is 22.2. The SMILES string of the molecule is CCCCCCCCC1(CCCCCCCC)c2ccccc2-c2ccc(-c3ccc4c(c3)C(c3ccc(C)cc3)(c3ccc(OCCCCCC)cc3)c3cccc(-c5ccc6c(c5)C(CCCCCCCC)(CCCCCCCC)c5ccccc5-6)c3-4)cc21. The van der Waals surface area contributed by atoms with Gasteiger partial charge in [-0.15, -0.1) is 0 Å². The zero-order chi connectivity index (χ0) is 62.9. The number of ether oxygens (including phenoxy) is 1. The van der Waals surface area contributed by atoms with E-state index in [1.165, 1.54) is 282 Å². The van der Waals surface area contributed by atoms with Crippen LogP contribution in [0.1, 0.15) is 290 Å². The highest BCUT2D eigenvalue weighted by Gasteiger charge is 2.49. The Hall–Kier alpha value is -6.44. The van der Waals surface area contributed by atoms with Crippen molar-refractivity contribution < 1.29 is 4.74 Å². The van der Waals surface area contributed by atoms with Gasteiger partial charge in [0.2, 0.25) is 0 Å². The molecule has 1 atom stereocenters. The molecule has 0 spiro atoms. The van der Waals surface area contributed by atoms with E-state index in [1.54, 1.807) is 22.3 Å². The van der Waals surface area contributed by atoms with Crippen molar-refractivity contribution >= 4 is 0 Å². The molecule has 0 fully saturated rings. The Balaban J connectivity index is 1.07. The summed E-state index contributed by atoms with van der Waals surface area (Å²) in [5.41, 5.74) is 26.1. The second kappa shape index (κ2) is 31.9. The molecule has 0 aliphatic heterocycles. The molecule has 0 amide bonds. The molecule has 3 aliphatic carbocycles. The number of hydrogen-bond donors (Lipinski definition) is 0. The summed E-state index contributed by atoms with van der Waals surface area (Å²) in [6.45, 7) is 14.6. The van der Waals surface area contributed by atoms with Gasteiger partial charge in [0.15, 0.2) is 0 Å². The summed E-state index contributed by atoms with van der Waals surface area (Å²) in [6, 6.07) is 68.6. The fraction of sp³-hybridized carbons (Fsp3) is 0.467. The van der Waals surface area contributed by atoms with E-state index in [4.69, 9.17) is 4.74 Å². The second-order valence-electron chi connectivity index (χ2n) is 28.4. The molecular weight excluding hydrogens is 1100 g/mol. The van der Waals surface area contributed by atoms with E-state index in [2.05, 4.69) is 211 Å². The van der Waals surface area contributed by atoms with Gasteiger partial charge in [0, 0.05) is 10.8 Å². The Morgan fingerprint density at radius 3 is 1.12 bits per heavy atom. The average Bonchev–Trinajstić information content (AvgIpc) is 1.56. The maximum atomic E-state index is 6.56. The third kappa shape index (κ3) is 14.0. The van der Waals surface area contributed by atoms with Crippen LogP contribution in [0.4, 0.5) is 0 Å². The quantitative estimate of drug-likeness (QED) is 0.0351. The maximum Gasteiger partial charge on any atom is 0.119 e. The number of unbranched alkanes of at least 4 members (excludes halogenated alkanes) is 23. The Bertz CT molecular complexity index is 3560.